The summed E-state index contributed by atoms with van der Waals surface area (Å²) in [5.74, 6) is -0.0970. The molecular formula is C11H12N2OS. The maximum Gasteiger partial charge on any atom is 0.240 e. The number of nitriles is 1. The highest BCUT2D eigenvalue weighted by Gasteiger charge is 2.50. The van der Waals surface area contributed by atoms with Gasteiger partial charge in [0.05, 0.1) is 6.07 Å². The largest absolute Gasteiger partial charge is 0.354 e. The predicted molar refractivity (Wildman–Crippen MR) is 58.3 cm³/mol. The third-order valence-corrected chi connectivity index (χ3v) is 3.41. The molecule has 2 rings (SSSR count). The fourth-order valence-corrected chi connectivity index (χ4v) is 2.14. The van der Waals surface area contributed by atoms with Gasteiger partial charge in [-0.3, -0.25) is 4.79 Å². The smallest absolute Gasteiger partial charge is 0.240 e. The Kier molecular flexibility index (Phi) is 2.74. The zero-order chi connectivity index (χ0) is 10.7. The van der Waals surface area contributed by atoms with Crippen LogP contribution >= 0.6 is 11.3 Å². The first-order valence-corrected chi connectivity index (χ1v) is 5.92. The van der Waals surface area contributed by atoms with Crippen molar-refractivity contribution in [2.45, 2.75) is 19.3 Å². The number of carbonyl (C=O) groups excluding carboxylic acids is 1. The molecule has 0 unspecified atom stereocenters. The molecule has 1 amide bonds. The van der Waals surface area contributed by atoms with Crippen molar-refractivity contribution in [3.05, 3.63) is 22.4 Å². The van der Waals surface area contributed by atoms with E-state index in [2.05, 4.69) is 16.8 Å². The molecule has 4 heteroatoms. The van der Waals surface area contributed by atoms with Gasteiger partial charge in [-0.05, 0) is 41.7 Å². The molecule has 1 aromatic rings. The molecule has 0 radical (unpaired) electrons. The molecule has 15 heavy (non-hydrogen) atoms. The Hall–Kier alpha value is -1.34. The molecule has 1 saturated carbocycles. The van der Waals surface area contributed by atoms with Crippen molar-refractivity contribution in [3.63, 3.8) is 0 Å². The summed E-state index contributed by atoms with van der Waals surface area (Å²) in [7, 11) is 0. The van der Waals surface area contributed by atoms with Crippen molar-refractivity contribution in [1.82, 2.24) is 5.32 Å². The maximum absolute atomic E-state index is 11.6. The minimum Gasteiger partial charge on any atom is -0.354 e. The highest BCUT2D eigenvalue weighted by atomic mass is 32.1. The lowest BCUT2D eigenvalue weighted by molar-refractivity contribution is -0.124. The van der Waals surface area contributed by atoms with E-state index in [9.17, 15) is 4.79 Å². The number of nitrogens with one attached hydrogen (secondary N) is 1. The van der Waals surface area contributed by atoms with Gasteiger partial charge in [-0.25, -0.2) is 0 Å². The standard InChI is InChI=1S/C11H12N2OS/c12-8-11(3-4-11)10(14)13-5-1-9-2-6-15-7-9/h2,6-7H,1,3-5H2,(H,13,14). The summed E-state index contributed by atoms with van der Waals surface area (Å²) >= 11 is 1.66. The second kappa shape index (κ2) is 4.03. The summed E-state index contributed by atoms with van der Waals surface area (Å²) in [4.78, 5) is 11.6. The van der Waals surface area contributed by atoms with Gasteiger partial charge in [-0.1, -0.05) is 0 Å². The molecular weight excluding hydrogens is 208 g/mol. The van der Waals surface area contributed by atoms with Gasteiger partial charge in [0.25, 0.3) is 0 Å². The van der Waals surface area contributed by atoms with Crippen molar-refractivity contribution in [1.29, 1.82) is 5.26 Å². The highest BCUT2D eigenvalue weighted by Crippen LogP contribution is 2.44. The van der Waals surface area contributed by atoms with Crippen LogP contribution in [-0.4, -0.2) is 12.5 Å². The van der Waals surface area contributed by atoms with Crippen molar-refractivity contribution >= 4 is 17.2 Å². The van der Waals surface area contributed by atoms with E-state index in [1.165, 1.54) is 5.56 Å². The van der Waals surface area contributed by atoms with Crippen LogP contribution in [0, 0.1) is 16.7 Å². The zero-order valence-corrected chi connectivity index (χ0v) is 9.14. The fourth-order valence-electron chi connectivity index (χ4n) is 1.44. The van der Waals surface area contributed by atoms with Gasteiger partial charge in [0, 0.05) is 6.54 Å². The van der Waals surface area contributed by atoms with Crippen LogP contribution < -0.4 is 5.32 Å². The summed E-state index contributed by atoms with van der Waals surface area (Å²) in [5.41, 5.74) is 0.552. The molecule has 0 aromatic carbocycles. The van der Waals surface area contributed by atoms with Crippen LogP contribution in [0.5, 0.6) is 0 Å². The zero-order valence-electron chi connectivity index (χ0n) is 8.32. The van der Waals surface area contributed by atoms with Crippen LogP contribution in [0.3, 0.4) is 0 Å². The lowest BCUT2D eigenvalue weighted by atomic mass is 10.1. The number of nitrogens with zero attached hydrogens (tertiary/aromatic N) is 1. The number of carbonyl (C=O) groups is 1. The van der Waals surface area contributed by atoms with Gasteiger partial charge >= 0.3 is 0 Å². The molecule has 1 fully saturated rings. The minimum atomic E-state index is -0.686. The number of hydrogen-bond acceptors (Lipinski definition) is 3. The van der Waals surface area contributed by atoms with E-state index in [-0.39, 0.29) is 5.91 Å². The SMILES string of the molecule is N#CC1(C(=O)NCCc2ccsc2)CC1. The molecule has 1 N–H and O–H groups in total. The maximum atomic E-state index is 11.6. The van der Waals surface area contributed by atoms with E-state index in [0.717, 1.165) is 6.42 Å². The van der Waals surface area contributed by atoms with Crippen molar-refractivity contribution in [3.8, 4) is 6.07 Å². The minimum absolute atomic E-state index is 0.0970. The molecule has 0 aliphatic heterocycles. The summed E-state index contributed by atoms with van der Waals surface area (Å²) in [6.45, 7) is 0.624. The normalized spacial score (nSPS) is 16.7. The van der Waals surface area contributed by atoms with Crippen molar-refractivity contribution in [2.24, 2.45) is 5.41 Å². The first-order valence-electron chi connectivity index (χ1n) is 4.97. The predicted octanol–water partition coefficient (Wildman–Crippen LogP) is 1.71. The Bertz CT molecular complexity index is 387. The lowest BCUT2D eigenvalue weighted by Gasteiger charge is -2.06. The Morgan fingerprint density at radius 1 is 1.67 bits per heavy atom. The molecule has 1 heterocycles. The summed E-state index contributed by atoms with van der Waals surface area (Å²) < 4.78 is 0. The average Bonchev–Trinajstić information content (AvgIpc) is 2.90. The number of rotatable bonds is 4. The number of thiophene rings is 1. The van der Waals surface area contributed by atoms with E-state index in [0.29, 0.717) is 19.4 Å². The summed E-state index contributed by atoms with van der Waals surface area (Å²) in [6, 6.07) is 4.14. The second-order valence-electron chi connectivity index (χ2n) is 3.83. The molecule has 0 bridgehead atoms. The van der Waals surface area contributed by atoms with Crippen molar-refractivity contribution in [2.75, 3.05) is 6.54 Å². The van der Waals surface area contributed by atoms with E-state index < -0.39 is 5.41 Å². The second-order valence-corrected chi connectivity index (χ2v) is 4.61. The van der Waals surface area contributed by atoms with Crippen LogP contribution in [0.4, 0.5) is 0 Å². The van der Waals surface area contributed by atoms with Gasteiger partial charge in [0.1, 0.15) is 5.41 Å². The first kappa shape index (κ1) is 10.2. The van der Waals surface area contributed by atoms with E-state index >= 15 is 0 Å². The number of amides is 1. The molecule has 1 aromatic heterocycles. The summed E-state index contributed by atoms with van der Waals surface area (Å²) in [5, 5.41) is 15.7. The number of hydrogen-bond donors (Lipinski definition) is 1. The van der Waals surface area contributed by atoms with Gasteiger partial charge < -0.3 is 5.32 Å². The van der Waals surface area contributed by atoms with Crippen LogP contribution in [0.25, 0.3) is 0 Å². The Balaban J connectivity index is 1.75. The summed E-state index contributed by atoms with van der Waals surface area (Å²) in [6.07, 6.45) is 2.28. The Morgan fingerprint density at radius 2 is 2.47 bits per heavy atom. The first-order chi connectivity index (χ1) is 7.27. The average molecular weight is 220 g/mol. The Labute approximate surface area is 92.7 Å². The van der Waals surface area contributed by atoms with E-state index in [4.69, 9.17) is 5.26 Å². The van der Waals surface area contributed by atoms with Gasteiger partial charge in [-0.2, -0.15) is 16.6 Å². The van der Waals surface area contributed by atoms with Gasteiger partial charge in [0.2, 0.25) is 5.91 Å². The van der Waals surface area contributed by atoms with E-state index in [1.54, 1.807) is 11.3 Å². The van der Waals surface area contributed by atoms with Gasteiger partial charge in [0.15, 0.2) is 0 Å². The van der Waals surface area contributed by atoms with Crippen LogP contribution in [-0.2, 0) is 11.2 Å². The quantitative estimate of drug-likeness (QED) is 0.839. The molecule has 1 aliphatic carbocycles. The van der Waals surface area contributed by atoms with Crippen LogP contribution in [0.15, 0.2) is 16.8 Å². The highest BCUT2D eigenvalue weighted by molar-refractivity contribution is 7.07. The van der Waals surface area contributed by atoms with Gasteiger partial charge in [-0.15, -0.1) is 0 Å². The molecule has 1 aliphatic rings. The monoisotopic (exact) mass is 220 g/mol. The molecule has 0 spiro atoms. The van der Waals surface area contributed by atoms with E-state index in [1.807, 2.05) is 11.4 Å². The van der Waals surface area contributed by atoms with Crippen LogP contribution in [0.1, 0.15) is 18.4 Å². The van der Waals surface area contributed by atoms with Crippen molar-refractivity contribution < 1.29 is 4.79 Å². The molecule has 0 saturated heterocycles. The topological polar surface area (TPSA) is 52.9 Å². The fraction of sp³-hybridized carbons (Fsp3) is 0.455. The third kappa shape index (κ3) is 2.18. The lowest BCUT2D eigenvalue weighted by Crippen LogP contribution is -2.32. The molecule has 3 nitrogen and oxygen atoms in total. The van der Waals surface area contributed by atoms with Crippen LogP contribution in [0.2, 0.25) is 0 Å². The Morgan fingerprint density at radius 3 is 3.00 bits per heavy atom. The third-order valence-electron chi connectivity index (χ3n) is 2.68. The molecule has 78 valence electrons. The molecule has 0 atom stereocenters.